The van der Waals surface area contributed by atoms with E-state index in [0.717, 1.165) is 5.39 Å². The second-order valence-corrected chi connectivity index (χ2v) is 2.78. The van der Waals surface area contributed by atoms with Crippen LogP contribution >= 0.6 is 0 Å². The van der Waals surface area contributed by atoms with Crippen molar-refractivity contribution < 1.29 is 13.6 Å². The zero-order chi connectivity index (χ0) is 9.26. The van der Waals surface area contributed by atoms with E-state index in [2.05, 4.69) is 0 Å². The molecule has 0 aliphatic rings. The Bertz CT molecular complexity index is 412. The van der Waals surface area contributed by atoms with Crippen molar-refractivity contribution in [2.75, 3.05) is 0 Å². The number of rotatable bonds is 2. The van der Waals surface area contributed by atoms with Crippen LogP contribution in [0.25, 0.3) is 11.0 Å². The number of carbonyl (C=O) groups is 1. The Morgan fingerprint density at radius 2 is 2.15 bits per heavy atom. The average molecular weight is 178 g/mol. The summed E-state index contributed by atoms with van der Waals surface area (Å²) in [6.07, 6.45) is -0.283. The van der Waals surface area contributed by atoms with Crippen molar-refractivity contribution in [3.63, 3.8) is 0 Å². The number of carbonyl (C=O) groups excluding carboxylic acids is 1. The molecule has 2 aromatic rings. The van der Waals surface area contributed by atoms with Crippen LogP contribution < -0.4 is 0 Å². The lowest BCUT2D eigenvalue weighted by Gasteiger charge is -1.85. The minimum absolute atomic E-state index is 0.283. The van der Waals surface area contributed by atoms with Gasteiger partial charge in [-0.3, -0.25) is 4.79 Å². The number of para-hydroxylation sites is 1. The molecule has 13 heavy (non-hydrogen) atoms. The van der Waals surface area contributed by atoms with E-state index in [0.29, 0.717) is 11.3 Å². The van der Waals surface area contributed by atoms with Crippen LogP contribution in [0.2, 0.25) is 0 Å². The van der Waals surface area contributed by atoms with E-state index in [1.807, 2.05) is 18.2 Å². The summed E-state index contributed by atoms with van der Waals surface area (Å²) in [5, 5.41) is 0.888. The largest absolute Gasteiger partial charge is 0.461 e. The van der Waals surface area contributed by atoms with Crippen molar-refractivity contribution in [2.45, 2.75) is 6.42 Å². The maximum absolute atomic E-state index is 12.0. The molecule has 0 amide bonds. The van der Waals surface area contributed by atoms with Gasteiger partial charge >= 0.3 is 6.04 Å². The topological polar surface area (TPSA) is 30.2 Å². The number of hydrogen-bond acceptors (Lipinski definition) is 2. The second kappa shape index (κ2) is 3.01. The number of benzene rings is 1. The Balaban J connectivity index is 2.44. The van der Waals surface area contributed by atoms with E-state index in [-0.39, 0.29) is 6.42 Å². The highest BCUT2D eigenvalue weighted by atomic mass is 19.1. The standard InChI is InChI=1S/C10H7FO2/c11-10(12)6-8-5-7-3-1-2-4-9(7)13-8/h1-5H,6H2. The molecular weight excluding hydrogens is 171 g/mol. The van der Waals surface area contributed by atoms with Gasteiger partial charge in [-0.25, -0.2) is 0 Å². The molecule has 1 aromatic carbocycles. The quantitative estimate of drug-likeness (QED) is 0.661. The van der Waals surface area contributed by atoms with Crippen molar-refractivity contribution in [1.29, 1.82) is 0 Å². The van der Waals surface area contributed by atoms with E-state index in [1.54, 1.807) is 12.1 Å². The minimum atomic E-state index is -1.38. The van der Waals surface area contributed by atoms with Crippen LogP contribution in [-0.4, -0.2) is 6.04 Å². The fourth-order valence-corrected chi connectivity index (χ4v) is 1.26. The molecule has 66 valence electrons. The molecule has 0 saturated carbocycles. The van der Waals surface area contributed by atoms with Gasteiger partial charge in [0.25, 0.3) is 0 Å². The normalized spacial score (nSPS) is 10.5. The number of fused-ring (bicyclic) bond motifs is 1. The van der Waals surface area contributed by atoms with Gasteiger partial charge in [-0.15, -0.1) is 0 Å². The molecule has 1 heterocycles. The molecule has 0 saturated heterocycles. The maximum Gasteiger partial charge on any atom is 0.309 e. The summed E-state index contributed by atoms with van der Waals surface area (Å²) in [6.45, 7) is 0. The monoisotopic (exact) mass is 178 g/mol. The zero-order valence-electron chi connectivity index (χ0n) is 6.79. The molecular formula is C10H7FO2. The van der Waals surface area contributed by atoms with E-state index < -0.39 is 6.04 Å². The number of hydrogen-bond donors (Lipinski definition) is 0. The number of furan rings is 1. The van der Waals surface area contributed by atoms with E-state index in [9.17, 15) is 9.18 Å². The number of halogens is 1. The van der Waals surface area contributed by atoms with Crippen LogP contribution in [0.4, 0.5) is 4.39 Å². The Hall–Kier alpha value is -1.64. The lowest BCUT2D eigenvalue weighted by Crippen LogP contribution is -1.91. The third kappa shape index (κ3) is 1.59. The van der Waals surface area contributed by atoms with Gasteiger partial charge < -0.3 is 4.42 Å². The predicted molar refractivity (Wildman–Crippen MR) is 46.0 cm³/mol. The summed E-state index contributed by atoms with van der Waals surface area (Å²) in [5.41, 5.74) is 0.679. The van der Waals surface area contributed by atoms with Crippen molar-refractivity contribution in [1.82, 2.24) is 0 Å². The van der Waals surface area contributed by atoms with Gasteiger partial charge in [0, 0.05) is 5.39 Å². The lowest BCUT2D eigenvalue weighted by molar-refractivity contribution is -0.128. The average Bonchev–Trinajstić information content (AvgIpc) is 2.44. The molecule has 0 bridgehead atoms. The van der Waals surface area contributed by atoms with Gasteiger partial charge in [-0.2, -0.15) is 4.39 Å². The third-order valence-electron chi connectivity index (χ3n) is 1.79. The summed E-state index contributed by atoms with van der Waals surface area (Å²) in [4.78, 5) is 10.2. The van der Waals surface area contributed by atoms with Crippen LogP contribution in [0.1, 0.15) is 5.76 Å². The second-order valence-electron chi connectivity index (χ2n) is 2.78. The predicted octanol–water partition coefficient (Wildman–Crippen LogP) is 2.47. The van der Waals surface area contributed by atoms with Crippen LogP contribution in [-0.2, 0) is 11.2 Å². The van der Waals surface area contributed by atoms with Crippen molar-refractivity contribution in [3.8, 4) is 0 Å². The van der Waals surface area contributed by atoms with Crippen molar-refractivity contribution in [3.05, 3.63) is 36.1 Å². The van der Waals surface area contributed by atoms with Crippen LogP contribution in [0, 0.1) is 0 Å². The van der Waals surface area contributed by atoms with E-state index >= 15 is 0 Å². The molecule has 0 radical (unpaired) electrons. The van der Waals surface area contributed by atoms with Gasteiger partial charge in [-0.1, -0.05) is 18.2 Å². The molecule has 0 atom stereocenters. The molecule has 2 rings (SSSR count). The molecule has 0 fully saturated rings. The maximum atomic E-state index is 12.0. The van der Waals surface area contributed by atoms with Crippen molar-refractivity contribution in [2.24, 2.45) is 0 Å². The van der Waals surface area contributed by atoms with E-state index in [4.69, 9.17) is 4.42 Å². The molecule has 0 aliphatic carbocycles. The Labute approximate surface area is 74.0 Å². The van der Waals surface area contributed by atoms with E-state index in [1.165, 1.54) is 0 Å². The Morgan fingerprint density at radius 3 is 2.85 bits per heavy atom. The summed E-state index contributed by atoms with van der Waals surface area (Å²) in [5.74, 6) is 0.369. The van der Waals surface area contributed by atoms with Gasteiger partial charge in [-0.05, 0) is 12.1 Å². The van der Waals surface area contributed by atoms with Crippen LogP contribution in [0.5, 0.6) is 0 Å². The highest BCUT2D eigenvalue weighted by Gasteiger charge is 2.06. The third-order valence-corrected chi connectivity index (χ3v) is 1.79. The molecule has 0 unspecified atom stereocenters. The highest BCUT2D eigenvalue weighted by Crippen LogP contribution is 2.19. The molecule has 3 heteroatoms. The van der Waals surface area contributed by atoms with Crippen LogP contribution in [0.15, 0.2) is 34.7 Å². The molecule has 2 nitrogen and oxygen atoms in total. The fourth-order valence-electron chi connectivity index (χ4n) is 1.26. The van der Waals surface area contributed by atoms with Gasteiger partial charge in [0.05, 0.1) is 6.42 Å². The zero-order valence-corrected chi connectivity index (χ0v) is 6.79. The summed E-state index contributed by atoms with van der Waals surface area (Å²) < 4.78 is 17.2. The lowest BCUT2D eigenvalue weighted by atomic mass is 10.2. The van der Waals surface area contributed by atoms with Crippen molar-refractivity contribution >= 4 is 17.0 Å². The first-order chi connectivity index (χ1) is 6.25. The van der Waals surface area contributed by atoms with Gasteiger partial charge in [0.2, 0.25) is 0 Å². The summed E-state index contributed by atoms with van der Waals surface area (Å²) in [6, 6.07) is 7.62. The molecule has 0 spiro atoms. The first-order valence-electron chi connectivity index (χ1n) is 3.91. The Morgan fingerprint density at radius 1 is 1.38 bits per heavy atom. The smallest absolute Gasteiger partial charge is 0.309 e. The van der Waals surface area contributed by atoms with Gasteiger partial charge in [0.15, 0.2) is 0 Å². The van der Waals surface area contributed by atoms with Crippen LogP contribution in [0.3, 0.4) is 0 Å². The molecule has 0 N–H and O–H groups in total. The Kier molecular flexibility index (Phi) is 1.85. The van der Waals surface area contributed by atoms with Gasteiger partial charge in [0.1, 0.15) is 11.3 Å². The summed E-state index contributed by atoms with van der Waals surface area (Å²) >= 11 is 0. The minimum Gasteiger partial charge on any atom is -0.461 e. The molecule has 0 aliphatic heterocycles. The highest BCUT2D eigenvalue weighted by molar-refractivity contribution is 5.79. The first kappa shape index (κ1) is 7.98. The first-order valence-corrected chi connectivity index (χ1v) is 3.91. The summed E-state index contributed by atoms with van der Waals surface area (Å²) in [7, 11) is 0. The SMILES string of the molecule is O=C(F)Cc1cc2ccccc2o1. The molecule has 1 aromatic heterocycles. The fraction of sp³-hybridized carbons (Fsp3) is 0.100.